The number of benzene rings is 2. The van der Waals surface area contributed by atoms with E-state index >= 15 is 0 Å². The second-order valence-electron chi connectivity index (χ2n) is 9.05. The Morgan fingerprint density at radius 2 is 1.56 bits per heavy atom. The standard InChI is InChI=1S/C28H26F3N3O2/c1-17-15-34(16-18(2)36-17)21-10-7-19(8-11-21)24-14-33-26-22(5-4-6-23(26)27(24)35-3)20-9-12-25(32-13-20)28(29,30)31/h4-14,17-18H,15-16H2,1-3H3/t17-,18+. The quantitative estimate of drug-likeness (QED) is 0.320. The van der Waals surface area contributed by atoms with Gasteiger partial charge in [-0.15, -0.1) is 0 Å². The summed E-state index contributed by atoms with van der Waals surface area (Å²) >= 11 is 0. The smallest absolute Gasteiger partial charge is 0.433 e. The third kappa shape index (κ3) is 4.60. The van der Waals surface area contributed by atoms with Crippen LogP contribution in [0.15, 0.2) is 67.0 Å². The Balaban J connectivity index is 1.51. The molecule has 2 aromatic heterocycles. The highest BCUT2D eigenvalue weighted by atomic mass is 19.4. The van der Waals surface area contributed by atoms with E-state index < -0.39 is 11.9 Å². The molecular formula is C28H26F3N3O2. The molecule has 36 heavy (non-hydrogen) atoms. The third-order valence-corrected chi connectivity index (χ3v) is 6.38. The van der Waals surface area contributed by atoms with E-state index in [9.17, 15) is 13.2 Å². The lowest BCUT2D eigenvalue weighted by atomic mass is 9.99. The van der Waals surface area contributed by atoms with Crippen LogP contribution in [0, 0.1) is 0 Å². The molecule has 0 radical (unpaired) electrons. The molecule has 0 unspecified atom stereocenters. The van der Waals surface area contributed by atoms with Gasteiger partial charge in [0, 0.05) is 53.2 Å². The van der Waals surface area contributed by atoms with Crippen molar-refractivity contribution in [3.8, 4) is 28.0 Å². The Bertz CT molecular complexity index is 1360. The minimum absolute atomic E-state index is 0.173. The Morgan fingerprint density at radius 1 is 0.861 bits per heavy atom. The fourth-order valence-electron chi connectivity index (χ4n) is 4.82. The van der Waals surface area contributed by atoms with E-state index in [1.807, 2.05) is 18.2 Å². The van der Waals surface area contributed by atoms with Gasteiger partial charge in [0.25, 0.3) is 0 Å². The van der Waals surface area contributed by atoms with Crippen molar-refractivity contribution in [1.82, 2.24) is 9.97 Å². The second-order valence-corrected chi connectivity index (χ2v) is 9.05. The van der Waals surface area contributed by atoms with Gasteiger partial charge >= 0.3 is 6.18 Å². The van der Waals surface area contributed by atoms with Crippen molar-refractivity contribution in [3.05, 3.63) is 72.7 Å². The Hall–Kier alpha value is -3.65. The van der Waals surface area contributed by atoms with E-state index in [4.69, 9.17) is 9.47 Å². The van der Waals surface area contributed by atoms with Gasteiger partial charge < -0.3 is 14.4 Å². The predicted octanol–water partition coefficient (Wildman–Crippen LogP) is 6.60. The average molecular weight is 494 g/mol. The van der Waals surface area contributed by atoms with Gasteiger partial charge in [-0.3, -0.25) is 9.97 Å². The van der Waals surface area contributed by atoms with Crippen LogP contribution in [0.4, 0.5) is 18.9 Å². The molecule has 2 atom stereocenters. The molecule has 0 N–H and O–H groups in total. The number of anilines is 1. The van der Waals surface area contributed by atoms with Crippen LogP contribution in [0.1, 0.15) is 19.5 Å². The molecule has 186 valence electrons. The molecule has 3 heterocycles. The number of morpholine rings is 1. The minimum atomic E-state index is -4.48. The number of nitrogens with zero attached hydrogens (tertiary/aromatic N) is 3. The molecule has 1 aliphatic rings. The molecule has 1 aliphatic heterocycles. The van der Waals surface area contributed by atoms with Crippen LogP contribution in [0.2, 0.25) is 0 Å². The zero-order valence-electron chi connectivity index (χ0n) is 20.2. The monoisotopic (exact) mass is 493 g/mol. The molecule has 0 saturated carbocycles. The maximum absolute atomic E-state index is 12.9. The van der Waals surface area contributed by atoms with Crippen molar-refractivity contribution in [1.29, 1.82) is 0 Å². The summed E-state index contributed by atoms with van der Waals surface area (Å²) in [7, 11) is 1.61. The normalized spacial score (nSPS) is 18.4. The summed E-state index contributed by atoms with van der Waals surface area (Å²) < 4.78 is 50.5. The SMILES string of the molecule is COc1c(-c2ccc(N3C[C@@H](C)O[C@@H](C)C3)cc2)cnc2c(-c3ccc(C(F)(F)F)nc3)cccc12. The van der Waals surface area contributed by atoms with Gasteiger partial charge in [0.05, 0.1) is 24.8 Å². The fraction of sp³-hybridized carbons (Fsp3) is 0.286. The number of hydrogen-bond donors (Lipinski definition) is 0. The topological polar surface area (TPSA) is 47.5 Å². The summed E-state index contributed by atoms with van der Waals surface area (Å²) in [6.45, 7) is 5.84. The highest BCUT2D eigenvalue weighted by molar-refractivity contribution is 6.00. The van der Waals surface area contributed by atoms with Crippen molar-refractivity contribution in [2.24, 2.45) is 0 Å². The first-order chi connectivity index (χ1) is 17.2. The molecule has 5 rings (SSSR count). The van der Waals surface area contributed by atoms with E-state index in [1.165, 1.54) is 12.3 Å². The fourth-order valence-corrected chi connectivity index (χ4v) is 4.82. The molecule has 8 heteroatoms. The maximum atomic E-state index is 12.9. The van der Waals surface area contributed by atoms with Crippen LogP contribution in [0.25, 0.3) is 33.2 Å². The molecule has 5 nitrogen and oxygen atoms in total. The van der Waals surface area contributed by atoms with Crippen LogP contribution < -0.4 is 9.64 Å². The summed E-state index contributed by atoms with van der Waals surface area (Å²) in [5.41, 5.74) is 3.87. The molecule has 0 aliphatic carbocycles. The first kappa shape index (κ1) is 24.1. The average Bonchev–Trinajstić information content (AvgIpc) is 2.86. The number of fused-ring (bicyclic) bond motifs is 1. The van der Waals surface area contributed by atoms with Gasteiger partial charge in [0.2, 0.25) is 0 Å². The zero-order chi connectivity index (χ0) is 25.4. The van der Waals surface area contributed by atoms with Crippen molar-refractivity contribution >= 4 is 16.6 Å². The number of aromatic nitrogens is 2. The molecule has 0 spiro atoms. The minimum Gasteiger partial charge on any atom is -0.495 e. The molecule has 0 bridgehead atoms. The zero-order valence-corrected chi connectivity index (χ0v) is 20.2. The van der Waals surface area contributed by atoms with Crippen molar-refractivity contribution < 1.29 is 22.6 Å². The second kappa shape index (κ2) is 9.43. The summed E-state index contributed by atoms with van der Waals surface area (Å²) in [5, 5.41) is 0.771. The molecular weight excluding hydrogens is 467 g/mol. The summed E-state index contributed by atoms with van der Waals surface area (Å²) in [5.74, 6) is 0.656. The maximum Gasteiger partial charge on any atom is 0.433 e. The van der Waals surface area contributed by atoms with Gasteiger partial charge in [-0.25, -0.2) is 0 Å². The van der Waals surface area contributed by atoms with Crippen LogP contribution in [-0.4, -0.2) is 42.4 Å². The number of rotatable bonds is 4. The number of ether oxygens (including phenoxy) is 2. The van der Waals surface area contributed by atoms with E-state index in [0.717, 1.165) is 41.4 Å². The van der Waals surface area contributed by atoms with Crippen molar-refractivity contribution in [2.75, 3.05) is 25.1 Å². The van der Waals surface area contributed by atoms with Gasteiger partial charge in [-0.05, 0) is 43.7 Å². The lowest BCUT2D eigenvalue weighted by Crippen LogP contribution is -2.45. The van der Waals surface area contributed by atoms with Crippen LogP contribution in [0.5, 0.6) is 5.75 Å². The number of para-hydroxylation sites is 1. The first-order valence-corrected chi connectivity index (χ1v) is 11.7. The summed E-state index contributed by atoms with van der Waals surface area (Å²) in [6.07, 6.45) is -1.16. The predicted molar refractivity (Wildman–Crippen MR) is 134 cm³/mol. The number of alkyl halides is 3. The number of methoxy groups -OCH3 is 1. The van der Waals surface area contributed by atoms with Crippen LogP contribution >= 0.6 is 0 Å². The van der Waals surface area contributed by atoms with Gasteiger partial charge in [-0.1, -0.05) is 30.3 Å². The molecule has 2 aromatic carbocycles. The van der Waals surface area contributed by atoms with Gasteiger partial charge in [0.1, 0.15) is 11.4 Å². The van der Waals surface area contributed by atoms with E-state index in [0.29, 0.717) is 22.4 Å². The molecule has 4 aromatic rings. The third-order valence-electron chi connectivity index (χ3n) is 6.38. The lowest BCUT2D eigenvalue weighted by molar-refractivity contribution is -0.141. The van der Waals surface area contributed by atoms with Gasteiger partial charge in [0.15, 0.2) is 0 Å². The highest BCUT2D eigenvalue weighted by Crippen LogP contribution is 2.39. The van der Waals surface area contributed by atoms with Crippen molar-refractivity contribution in [2.45, 2.75) is 32.2 Å². The Morgan fingerprint density at radius 3 is 2.17 bits per heavy atom. The molecule has 1 fully saturated rings. The largest absolute Gasteiger partial charge is 0.495 e. The number of hydrogen-bond acceptors (Lipinski definition) is 5. The number of pyridine rings is 2. The van der Waals surface area contributed by atoms with Crippen LogP contribution in [0.3, 0.4) is 0 Å². The van der Waals surface area contributed by atoms with E-state index in [-0.39, 0.29) is 12.2 Å². The number of halogens is 3. The van der Waals surface area contributed by atoms with Crippen LogP contribution in [-0.2, 0) is 10.9 Å². The summed E-state index contributed by atoms with van der Waals surface area (Å²) in [6, 6.07) is 16.2. The van der Waals surface area contributed by atoms with Gasteiger partial charge in [-0.2, -0.15) is 13.2 Å². The lowest BCUT2D eigenvalue weighted by Gasteiger charge is -2.36. The highest BCUT2D eigenvalue weighted by Gasteiger charge is 2.32. The first-order valence-electron chi connectivity index (χ1n) is 11.7. The Kier molecular flexibility index (Phi) is 6.30. The van der Waals surface area contributed by atoms with E-state index in [1.54, 1.807) is 13.3 Å². The molecule has 1 saturated heterocycles. The van der Waals surface area contributed by atoms with E-state index in [2.05, 4.69) is 53.0 Å². The summed E-state index contributed by atoms with van der Waals surface area (Å²) in [4.78, 5) is 10.6. The molecule has 0 amide bonds. The van der Waals surface area contributed by atoms with Crippen molar-refractivity contribution in [3.63, 3.8) is 0 Å². The Labute approximate surface area is 207 Å².